The van der Waals surface area contributed by atoms with Gasteiger partial charge in [0.15, 0.2) is 5.76 Å². The lowest BCUT2D eigenvalue weighted by molar-refractivity contribution is -0.136. The molecule has 9 nitrogen and oxygen atoms in total. The first-order valence-electron chi connectivity index (χ1n) is 9.70. The first-order valence-corrected chi connectivity index (χ1v) is 9.70. The summed E-state index contributed by atoms with van der Waals surface area (Å²) in [6, 6.07) is -0.958. The van der Waals surface area contributed by atoms with Crippen LogP contribution < -0.4 is 10.6 Å². The number of aliphatic hydroxyl groups excluding tert-OH is 1. The minimum Gasteiger partial charge on any atom is -0.394 e. The Morgan fingerprint density at radius 2 is 2.00 bits per heavy atom. The fraction of sp³-hybridized carbons (Fsp3) is 0.632. The van der Waals surface area contributed by atoms with Gasteiger partial charge in [0, 0.05) is 13.1 Å². The Morgan fingerprint density at radius 3 is 2.64 bits per heavy atom. The van der Waals surface area contributed by atoms with Gasteiger partial charge in [-0.15, -0.1) is 0 Å². The fourth-order valence-corrected chi connectivity index (χ4v) is 3.54. The zero-order chi connectivity index (χ0) is 20.1. The molecule has 154 valence electrons. The van der Waals surface area contributed by atoms with Gasteiger partial charge < -0.3 is 29.9 Å². The van der Waals surface area contributed by atoms with Crippen molar-refractivity contribution in [1.29, 1.82) is 0 Å². The molecule has 3 amide bonds. The van der Waals surface area contributed by atoms with Crippen LogP contribution in [-0.2, 0) is 9.53 Å². The van der Waals surface area contributed by atoms with Gasteiger partial charge in [-0.3, -0.25) is 4.79 Å². The molecule has 3 N–H and O–H groups in total. The lowest BCUT2D eigenvalue weighted by Gasteiger charge is -2.33. The van der Waals surface area contributed by atoms with Gasteiger partial charge in [-0.05, 0) is 33.1 Å². The molecule has 1 aromatic heterocycles. The molecular formula is C19H28N4O5. The van der Waals surface area contributed by atoms with Crippen LogP contribution in [0.4, 0.5) is 10.5 Å². The summed E-state index contributed by atoms with van der Waals surface area (Å²) in [5.41, 5.74) is 1.10. The molecule has 3 heterocycles. The molecule has 9 heteroatoms. The van der Waals surface area contributed by atoms with Crippen molar-refractivity contribution < 1.29 is 24.0 Å². The largest absolute Gasteiger partial charge is 0.394 e. The molecule has 0 aliphatic carbocycles. The third kappa shape index (κ3) is 4.90. The molecule has 0 unspecified atom stereocenters. The Bertz CT molecular complexity index is 706. The Balaban J connectivity index is 1.55. The van der Waals surface area contributed by atoms with Crippen LogP contribution in [0, 0.1) is 13.8 Å². The maximum absolute atomic E-state index is 12.4. The molecular weight excluding hydrogens is 364 g/mol. The number of hydrogen-bond donors (Lipinski definition) is 3. The number of ether oxygens (including phenoxy) is 1. The number of anilines is 1. The van der Waals surface area contributed by atoms with Crippen molar-refractivity contribution in [2.45, 2.75) is 57.8 Å². The summed E-state index contributed by atoms with van der Waals surface area (Å²) < 4.78 is 10.9. The number of carbonyl (C=O) groups is 2. The van der Waals surface area contributed by atoms with E-state index in [-0.39, 0.29) is 18.9 Å². The highest BCUT2D eigenvalue weighted by Gasteiger charge is 2.30. The summed E-state index contributed by atoms with van der Waals surface area (Å²) in [5, 5.41) is 18.9. The number of hydrogen-bond acceptors (Lipinski definition) is 6. The lowest BCUT2D eigenvalue weighted by atomic mass is 10.0. The zero-order valence-electron chi connectivity index (χ0n) is 16.3. The summed E-state index contributed by atoms with van der Waals surface area (Å²) in [7, 11) is 0. The van der Waals surface area contributed by atoms with Gasteiger partial charge in [0.2, 0.25) is 5.91 Å². The predicted molar refractivity (Wildman–Crippen MR) is 102 cm³/mol. The summed E-state index contributed by atoms with van der Waals surface area (Å²) in [5.74, 6) is 0.576. The lowest BCUT2D eigenvalue weighted by Crippen LogP contribution is -2.50. The van der Waals surface area contributed by atoms with E-state index in [1.807, 2.05) is 4.90 Å². The second-order valence-corrected chi connectivity index (χ2v) is 7.25. The zero-order valence-corrected chi connectivity index (χ0v) is 16.3. The number of rotatable bonds is 5. The number of piperidine rings is 1. The van der Waals surface area contributed by atoms with Gasteiger partial charge >= 0.3 is 6.03 Å². The molecule has 1 saturated heterocycles. The summed E-state index contributed by atoms with van der Waals surface area (Å²) in [6.07, 6.45) is 6.00. The number of aryl methyl sites for hydroxylation is 2. The smallest absolute Gasteiger partial charge is 0.319 e. The molecule has 0 saturated carbocycles. The van der Waals surface area contributed by atoms with E-state index in [2.05, 4.69) is 15.8 Å². The van der Waals surface area contributed by atoms with Crippen LogP contribution in [0.15, 0.2) is 16.7 Å². The highest BCUT2D eigenvalue weighted by atomic mass is 16.5. The monoisotopic (exact) mass is 392 g/mol. The van der Waals surface area contributed by atoms with Gasteiger partial charge in [-0.2, -0.15) is 0 Å². The number of nitrogens with zero attached hydrogens (tertiary/aromatic N) is 2. The number of nitrogens with one attached hydrogen (secondary N) is 2. The minimum absolute atomic E-state index is 0.0635. The van der Waals surface area contributed by atoms with Crippen LogP contribution in [-0.4, -0.2) is 65.0 Å². The van der Waals surface area contributed by atoms with Crippen LogP contribution in [0.3, 0.4) is 0 Å². The number of amides is 3. The van der Waals surface area contributed by atoms with Crippen molar-refractivity contribution in [2.75, 3.05) is 25.0 Å². The van der Waals surface area contributed by atoms with Crippen LogP contribution in [0.5, 0.6) is 0 Å². The van der Waals surface area contributed by atoms with Crippen molar-refractivity contribution in [3.63, 3.8) is 0 Å². The molecule has 0 spiro atoms. The van der Waals surface area contributed by atoms with Crippen LogP contribution >= 0.6 is 0 Å². The van der Waals surface area contributed by atoms with Gasteiger partial charge in [0.1, 0.15) is 17.5 Å². The molecule has 1 fully saturated rings. The third-order valence-corrected chi connectivity index (χ3v) is 5.12. The average molecular weight is 392 g/mol. The first-order chi connectivity index (χ1) is 13.5. The van der Waals surface area contributed by atoms with Gasteiger partial charge in [0.25, 0.3) is 0 Å². The highest BCUT2D eigenvalue weighted by Crippen LogP contribution is 2.20. The van der Waals surface area contributed by atoms with E-state index in [9.17, 15) is 14.7 Å². The third-order valence-electron chi connectivity index (χ3n) is 5.12. The first kappa shape index (κ1) is 20.3. The normalized spacial score (nSPS) is 24.8. The second kappa shape index (κ2) is 9.20. The van der Waals surface area contributed by atoms with E-state index >= 15 is 0 Å². The summed E-state index contributed by atoms with van der Waals surface area (Å²) in [4.78, 5) is 26.6. The van der Waals surface area contributed by atoms with E-state index in [1.165, 1.54) is 6.42 Å². The summed E-state index contributed by atoms with van der Waals surface area (Å²) >= 11 is 0. The SMILES string of the molecule is Cc1noc(C)c1NC(=O)N[C@H]1C=C[C@H](CC(=O)N2CCCCC2)O[C@@H]1CO. The van der Waals surface area contributed by atoms with Crippen molar-refractivity contribution in [3.8, 4) is 0 Å². The topological polar surface area (TPSA) is 117 Å². The van der Waals surface area contributed by atoms with Crippen molar-refractivity contribution in [2.24, 2.45) is 0 Å². The highest BCUT2D eigenvalue weighted by molar-refractivity contribution is 5.90. The van der Waals surface area contributed by atoms with E-state index in [0.717, 1.165) is 25.9 Å². The molecule has 2 aliphatic heterocycles. The van der Waals surface area contributed by atoms with E-state index < -0.39 is 24.3 Å². The second-order valence-electron chi connectivity index (χ2n) is 7.25. The fourth-order valence-electron chi connectivity index (χ4n) is 3.54. The molecule has 3 atom stereocenters. The van der Waals surface area contributed by atoms with E-state index in [4.69, 9.17) is 9.26 Å². The summed E-state index contributed by atoms with van der Waals surface area (Å²) in [6.45, 7) is 4.76. The van der Waals surface area contributed by atoms with E-state index in [1.54, 1.807) is 26.0 Å². The molecule has 1 aromatic rings. The minimum atomic E-state index is -0.625. The molecule has 3 rings (SSSR count). The molecule has 28 heavy (non-hydrogen) atoms. The predicted octanol–water partition coefficient (Wildman–Crippen LogP) is 1.50. The molecule has 0 radical (unpaired) electrons. The standard InChI is InChI=1S/C19H28N4O5/c1-12-18(13(2)28-22-12)21-19(26)20-15-7-6-14(27-16(15)11-24)10-17(25)23-8-4-3-5-9-23/h6-7,14-16,24H,3-5,8-11H2,1-2H3,(H2,20,21,26)/t14-,15+,16-/m1/s1. The van der Waals surface area contributed by atoms with Crippen molar-refractivity contribution in [3.05, 3.63) is 23.6 Å². The maximum Gasteiger partial charge on any atom is 0.319 e. The van der Waals surface area contributed by atoms with Gasteiger partial charge in [-0.25, -0.2) is 4.79 Å². The molecule has 0 bridgehead atoms. The van der Waals surface area contributed by atoms with Crippen molar-refractivity contribution in [1.82, 2.24) is 15.4 Å². The van der Waals surface area contributed by atoms with Crippen LogP contribution in [0.1, 0.15) is 37.1 Å². The van der Waals surface area contributed by atoms with E-state index in [0.29, 0.717) is 17.1 Å². The Hall–Kier alpha value is -2.39. The number of aliphatic hydroxyl groups is 1. The Kier molecular flexibility index (Phi) is 6.69. The van der Waals surface area contributed by atoms with Gasteiger partial charge in [-0.1, -0.05) is 17.3 Å². The van der Waals surface area contributed by atoms with Crippen molar-refractivity contribution >= 4 is 17.6 Å². The Labute approximate surface area is 164 Å². The number of aromatic nitrogens is 1. The maximum atomic E-state index is 12.4. The quantitative estimate of drug-likeness (QED) is 0.654. The Morgan fingerprint density at radius 1 is 1.25 bits per heavy atom. The molecule has 2 aliphatic rings. The number of urea groups is 1. The van der Waals surface area contributed by atoms with Crippen LogP contribution in [0.2, 0.25) is 0 Å². The molecule has 0 aromatic carbocycles. The van der Waals surface area contributed by atoms with Crippen LogP contribution in [0.25, 0.3) is 0 Å². The van der Waals surface area contributed by atoms with Gasteiger partial charge in [0.05, 0.1) is 25.2 Å². The number of carbonyl (C=O) groups excluding carboxylic acids is 2. The number of likely N-dealkylation sites (tertiary alicyclic amines) is 1. The average Bonchev–Trinajstić information content (AvgIpc) is 3.01.